The second-order valence-electron chi connectivity index (χ2n) is 11.4. The standard InChI is InChI=1S/C22H18NO2.C17H12N.Ir/c1-22(2,3)12-13-9-10-23-15(11-13)14-7-8-18-20-19-16(24-18)5-4-6-17(19)25-21(14)20;1-3-7-14(8-4-1)16-11-12-18-17(13-16)15-9-5-2-6-10-15;/h4-6,8-11H,12H2,1-3H3;1-9,11-13H;/q2*-1;/i12D2;;. The van der Waals surface area contributed by atoms with E-state index in [1.807, 2.05) is 93.7 Å². The molecule has 0 atom stereocenters. The Labute approximate surface area is 273 Å². The van der Waals surface area contributed by atoms with Crippen molar-refractivity contribution in [3.8, 4) is 33.6 Å². The summed E-state index contributed by atoms with van der Waals surface area (Å²) in [6, 6.07) is 39.9. The Balaban J connectivity index is 0.000000171. The fourth-order valence-corrected chi connectivity index (χ4v) is 5.30. The van der Waals surface area contributed by atoms with Gasteiger partial charge < -0.3 is 18.8 Å². The number of aromatic nitrogens is 2. The normalized spacial score (nSPS) is 12.4. The first-order valence-electron chi connectivity index (χ1n) is 15.2. The average molecular weight is 753 g/mol. The van der Waals surface area contributed by atoms with Gasteiger partial charge in [-0.2, -0.15) is 0 Å². The van der Waals surface area contributed by atoms with Crippen molar-refractivity contribution in [1.29, 1.82) is 0 Å². The van der Waals surface area contributed by atoms with E-state index in [1.54, 1.807) is 24.4 Å². The summed E-state index contributed by atoms with van der Waals surface area (Å²) < 4.78 is 29.1. The van der Waals surface area contributed by atoms with E-state index >= 15 is 0 Å². The van der Waals surface area contributed by atoms with E-state index in [1.165, 1.54) is 11.1 Å². The minimum Gasteiger partial charge on any atom is -0.500 e. The van der Waals surface area contributed by atoms with Gasteiger partial charge in [0, 0.05) is 35.2 Å². The third kappa shape index (κ3) is 5.94. The predicted octanol–water partition coefficient (Wildman–Crippen LogP) is 10.4. The summed E-state index contributed by atoms with van der Waals surface area (Å²) in [4.78, 5) is 8.88. The first-order valence-corrected chi connectivity index (χ1v) is 14.2. The first-order chi connectivity index (χ1) is 21.7. The Kier molecular flexibility index (Phi) is 7.49. The number of nitrogens with zero attached hydrogens (tertiary/aromatic N) is 2. The summed E-state index contributed by atoms with van der Waals surface area (Å²) in [5.74, 6) is 0. The van der Waals surface area contributed by atoms with E-state index in [2.05, 4.69) is 40.3 Å². The molecular formula is C39H30IrN2O2-2. The van der Waals surface area contributed by atoms with Gasteiger partial charge in [0.25, 0.3) is 0 Å². The second kappa shape index (κ2) is 12.2. The summed E-state index contributed by atoms with van der Waals surface area (Å²) >= 11 is 0. The van der Waals surface area contributed by atoms with Crippen molar-refractivity contribution in [3.05, 3.63) is 133 Å². The van der Waals surface area contributed by atoms with Crippen LogP contribution in [-0.2, 0) is 26.5 Å². The molecule has 0 N–H and O–H groups in total. The molecule has 8 rings (SSSR count). The molecule has 0 spiro atoms. The van der Waals surface area contributed by atoms with Crippen molar-refractivity contribution in [2.24, 2.45) is 5.41 Å². The molecule has 5 heteroatoms. The van der Waals surface area contributed by atoms with E-state index in [0.717, 1.165) is 38.8 Å². The summed E-state index contributed by atoms with van der Waals surface area (Å²) in [6.07, 6.45) is 1.99. The Morgan fingerprint density at radius 2 is 1.45 bits per heavy atom. The van der Waals surface area contributed by atoms with Crippen LogP contribution in [0.2, 0.25) is 0 Å². The Morgan fingerprint density at radius 3 is 2.23 bits per heavy atom. The van der Waals surface area contributed by atoms with Crippen LogP contribution in [0.15, 0.2) is 124 Å². The molecule has 1 radical (unpaired) electrons. The minimum absolute atomic E-state index is 0. The molecule has 0 aliphatic heterocycles. The van der Waals surface area contributed by atoms with E-state index in [-0.39, 0.29) is 20.1 Å². The van der Waals surface area contributed by atoms with Crippen molar-refractivity contribution in [2.45, 2.75) is 27.1 Å². The van der Waals surface area contributed by atoms with Gasteiger partial charge >= 0.3 is 0 Å². The zero-order chi connectivity index (χ0) is 31.2. The largest absolute Gasteiger partial charge is 0.500 e. The summed E-state index contributed by atoms with van der Waals surface area (Å²) in [5, 5.41) is 1.90. The van der Waals surface area contributed by atoms with Gasteiger partial charge in [0.1, 0.15) is 11.2 Å². The van der Waals surface area contributed by atoms with Crippen LogP contribution in [0.1, 0.15) is 29.1 Å². The summed E-state index contributed by atoms with van der Waals surface area (Å²) in [7, 11) is 0. The van der Waals surface area contributed by atoms with Crippen molar-refractivity contribution in [2.75, 3.05) is 0 Å². The van der Waals surface area contributed by atoms with Gasteiger partial charge in [-0.05, 0) is 64.0 Å². The molecule has 0 saturated heterocycles. The number of hydrogen-bond acceptors (Lipinski definition) is 4. The molecular weight excluding hydrogens is 721 g/mol. The van der Waals surface area contributed by atoms with Gasteiger partial charge in [-0.3, -0.25) is 0 Å². The second-order valence-corrected chi connectivity index (χ2v) is 11.4. The van der Waals surface area contributed by atoms with Gasteiger partial charge in [0.05, 0.1) is 16.6 Å². The van der Waals surface area contributed by atoms with Gasteiger partial charge in [0.2, 0.25) is 0 Å². The van der Waals surface area contributed by atoms with Gasteiger partial charge in [0.15, 0.2) is 0 Å². The zero-order valence-corrected chi connectivity index (χ0v) is 26.9. The maximum absolute atomic E-state index is 8.56. The molecule has 4 heterocycles. The van der Waals surface area contributed by atoms with E-state index < -0.39 is 11.8 Å². The predicted molar refractivity (Wildman–Crippen MR) is 174 cm³/mol. The molecule has 4 nitrogen and oxygen atoms in total. The quantitative estimate of drug-likeness (QED) is 0.168. The Bertz CT molecular complexity index is 2180. The molecule has 0 saturated carbocycles. The average Bonchev–Trinajstić information content (AvgIpc) is 3.66. The number of benzene rings is 4. The van der Waals surface area contributed by atoms with Gasteiger partial charge in [-0.25, -0.2) is 0 Å². The molecule has 219 valence electrons. The summed E-state index contributed by atoms with van der Waals surface area (Å²) in [5.41, 5.74) is 8.73. The third-order valence-corrected chi connectivity index (χ3v) is 7.11. The van der Waals surface area contributed by atoms with E-state index in [9.17, 15) is 0 Å². The van der Waals surface area contributed by atoms with Crippen LogP contribution in [0.5, 0.6) is 0 Å². The van der Waals surface area contributed by atoms with Crippen molar-refractivity contribution in [3.63, 3.8) is 0 Å². The fourth-order valence-electron chi connectivity index (χ4n) is 5.30. The van der Waals surface area contributed by atoms with Crippen LogP contribution in [0, 0.1) is 17.5 Å². The summed E-state index contributed by atoms with van der Waals surface area (Å²) in [6.45, 7) is 5.69. The third-order valence-electron chi connectivity index (χ3n) is 7.11. The monoisotopic (exact) mass is 753 g/mol. The Morgan fingerprint density at radius 1 is 0.705 bits per heavy atom. The number of hydrogen-bond donors (Lipinski definition) is 0. The van der Waals surface area contributed by atoms with E-state index in [0.29, 0.717) is 22.4 Å². The van der Waals surface area contributed by atoms with Crippen molar-refractivity contribution < 1.29 is 31.7 Å². The molecule has 0 aliphatic rings. The first kappa shape index (κ1) is 27.0. The minimum atomic E-state index is -1.50. The SMILES string of the molecule is [2H]C([2H])(c1ccnc(-c2[c-]cc3oc4cccc5oc2c3c45)c1)C(C)(C)C.[Ir].[c-]1ccccc1-c1cc(-c2ccccc2)ccn1. The zero-order valence-electron chi connectivity index (χ0n) is 26.5. The molecule has 4 aromatic heterocycles. The van der Waals surface area contributed by atoms with Crippen LogP contribution in [0.4, 0.5) is 0 Å². The molecule has 8 aromatic rings. The molecule has 0 fully saturated rings. The number of furan rings is 2. The number of pyridine rings is 2. The molecule has 4 aromatic carbocycles. The fraction of sp³-hybridized carbons (Fsp3) is 0.128. The van der Waals surface area contributed by atoms with Crippen molar-refractivity contribution in [1.82, 2.24) is 9.97 Å². The molecule has 44 heavy (non-hydrogen) atoms. The van der Waals surface area contributed by atoms with Gasteiger partial charge in [-0.15, -0.1) is 48.0 Å². The molecule has 0 unspecified atom stereocenters. The van der Waals surface area contributed by atoms with Crippen LogP contribution in [0.25, 0.3) is 66.7 Å². The maximum Gasteiger partial charge on any atom is 0.124 e. The molecule has 0 aliphatic carbocycles. The van der Waals surface area contributed by atoms with Gasteiger partial charge in [-0.1, -0.05) is 80.4 Å². The van der Waals surface area contributed by atoms with Crippen LogP contribution >= 0.6 is 0 Å². The smallest absolute Gasteiger partial charge is 0.124 e. The Hall–Kier alpha value is -4.57. The van der Waals surface area contributed by atoms with Crippen LogP contribution in [0.3, 0.4) is 0 Å². The van der Waals surface area contributed by atoms with Crippen LogP contribution in [-0.4, -0.2) is 9.97 Å². The topological polar surface area (TPSA) is 52.1 Å². The van der Waals surface area contributed by atoms with E-state index in [4.69, 9.17) is 11.6 Å². The van der Waals surface area contributed by atoms with Crippen molar-refractivity contribution >= 4 is 33.1 Å². The maximum atomic E-state index is 8.56. The molecule has 0 bridgehead atoms. The molecule has 0 amide bonds. The van der Waals surface area contributed by atoms with Crippen LogP contribution < -0.4 is 0 Å². The number of rotatable bonds is 4.